The lowest BCUT2D eigenvalue weighted by Gasteiger charge is -2.04. The van der Waals surface area contributed by atoms with Gasteiger partial charge in [-0.15, -0.1) is 0 Å². The molecule has 0 aliphatic carbocycles. The third kappa shape index (κ3) is 2.53. The van der Waals surface area contributed by atoms with Crippen LogP contribution in [0.15, 0.2) is 46.9 Å². The zero-order chi connectivity index (χ0) is 14.8. The lowest BCUT2D eigenvalue weighted by Crippen LogP contribution is -2.02. The first-order chi connectivity index (χ1) is 10.2. The molecule has 104 valence electrons. The topological polar surface area (TPSA) is 69.4 Å². The smallest absolute Gasteiger partial charge is 0.308 e. The highest BCUT2D eigenvalue weighted by molar-refractivity contribution is 5.85. The van der Waals surface area contributed by atoms with E-state index in [1.165, 1.54) is 6.92 Å². The average Bonchev–Trinajstić information content (AvgIpc) is 2.89. The highest BCUT2D eigenvalue weighted by atomic mass is 16.5. The molecular weight excluding hydrogens is 270 g/mol. The molecule has 1 heterocycles. The van der Waals surface area contributed by atoms with Crippen molar-refractivity contribution in [1.29, 1.82) is 0 Å². The second-order valence-corrected chi connectivity index (χ2v) is 4.45. The molecule has 0 N–H and O–H groups in total. The minimum atomic E-state index is -0.415. The molecule has 0 unspecified atom stereocenters. The number of para-hydroxylation sites is 1. The third-order valence-corrected chi connectivity index (χ3v) is 2.92. The number of carbonyl (C=O) groups is 2. The molecule has 5 heteroatoms. The quantitative estimate of drug-likeness (QED) is 0.419. The average molecular weight is 281 g/mol. The summed E-state index contributed by atoms with van der Waals surface area (Å²) in [7, 11) is 0. The fourth-order valence-corrected chi connectivity index (χ4v) is 2.02. The summed E-state index contributed by atoms with van der Waals surface area (Å²) >= 11 is 0. The van der Waals surface area contributed by atoms with E-state index in [0.717, 1.165) is 6.29 Å². The zero-order valence-corrected chi connectivity index (χ0v) is 11.2. The maximum Gasteiger partial charge on any atom is 0.308 e. The SMILES string of the molecule is CC(=O)Oc1ccccc1-c1nc2ccc(C=O)cc2o1. The van der Waals surface area contributed by atoms with Gasteiger partial charge in [-0.25, -0.2) is 4.98 Å². The molecule has 3 rings (SSSR count). The van der Waals surface area contributed by atoms with Gasteiger partial charge in [-0.05, 0) is 30.3 Å². The highest BCUT2D eigenvalue weighted by Gasteiger charge is 2.14. The molecule has 0 amide bonds. The standard InChI is InChI=1S/C16H11NO4/c1-10(19)20-14-5-3-2-4-12(14)16-17-13-7-6-11(9-18)8-15(13)21-16/h2-9H,1H3. The number of hydrogen-bond acceptors (Lipinski definition) is 5. The molecule has 0 aliphatic rings. The minimum absolute atomic E-state index is 0.338. The second kappa shape index (κ2) is 5.20. The summed E-state index contributed by atoms with van der Waals surface area (Å²) in [5.41, 5.74) is 2.23. The van der Waals surface area contributed by atoms with Crippen LogP contribution in [0.2, 0.25) is 0 Å². The van der Waals surface area contributed by atoms with E-state index >= 15 is 0 Å². The van der Waals surface area contributed by atoms with Gasteiger partial charge in [-0.2, -0.15) is 0 Å². The number of nitrogens with zero attached hydrogens (tertiary/aromatic N) is 1. The number of aldehydes is 1. The summed E-state index contributed by atoms with van der Waals surface area (Å²) in [6, 6.07) is 12.0. The van der Waals surface area contributed by atoms with Crippen LogP contribution in [-0.2, 0) is 4.79 Å². The van der Waals surface area contributed by atoms with Gasteiger partial charge in [0.15, 0.2) is 5.58 Å². The molecule has 0 spiro atoms. The summed E-state index contributed by atoms with van der Waals surface area (Å²) < 4.78 is 10.8. The molecule has 0 fully saturated rings. The largest absolute Gasteiger partial charge is 0.436 e. The van der Waals surface area contributed by atoms with Crippen molar-refractivity contribution < 1.29 is 18.7 Å². The molecule has 3 aromatic rings. The summed E-state index contributed by atoms with van der Waals surface area (Å²) in [5, 5.41) is 0. The van der Waals surface area contributed by atoms with Gasteiger partial charge in [-0.3, -0.25) is 9.59 Å². The van der Waals surface area contributed by atoms with Crippen molar-refractivity contribution in [2.75, 3.05) is 0 Å². The maximum absolute atomic E-state index is 11.1. The molecular formula is C16H11NO4. The summed E-state index contributed by atoms with van der Waals surface area (Å²) in [6.45, 7) is 1.33. The van der Waals surface area contributed by atoms with Gasteiger partial charge in [0.05, 0.1) is 5.56 Å². The van der Waals surface area contributed by atoms with Crippen LogP contribution in [0.4, 0.5) is 0 Å². The van der Waals surface area contributed by atoms with Crippen LogP contribution in [0.3, 0.4) is 0 Å². The first kappa shape index (κ1) is 13.1. The van der Waals surface area contributed by atoms with Crippen molar-refractivity contribution in [3.8, 4) is 17.2 Å². The number of esters is 1. The van der Waals surface area contributed by atoms with Gasteiger partial charge in [0.1, 0.15) is 17.6 Å². The van der Waals surface area contributed by atoms with Gasteiger partial charge in [-0.1, -0.05) is 12.1 Å². The Morgan fingerprint density at radius 3 is 2.81 bits per heavy atom. The lowest BCUT2D eigenvalue weighted by atomic mass is 10.2. The van der Waals surface area contributed by atoms with E-state index in [4.69, 9.17) is 9.15 Å². The van der Waals surface area contributed by atoms with Gasteiger partial charge >= 0.3 is 5.97 Å². The fraction of sp³-hybridized carbons (Fsp3) is 0.0625. The first-order valence-corrected chi connectivity index (χ1v) is 6.31. The Morgan fingerprint density at radius 1 is 1.24 bits per heavy atom. The molecule has 0 atom stereocenters. The number of aromatic nitrogens is 1. The monoisotopic (exact) mass is 281 g/mol. The fourth-order valence-electron chi connectivity index (χ4n) is 2.02. The summed E-state index contributed by atoms with van der Waals surface area (Å²) in [4.78, 5) is 26.3. The van der Waals surface area contributed by atoms with E-state index in [2.05, 4.69) is 4.98 Å². The highest BCUT2D eigenvalue weighted by Crippen LogP contribution is 2.31. The van der Waals surface area contributed by atoms with E-state index in [1.807, 2.05) is 0 Å². The van der Waals surface area contributed by atoms with Crippen molar-refractivity contribution in [3.63, 3.8) is 0 Å². The summed E-state index contributed by atoms with van der Waals surface area (Å²) in [6.07, 6.45) is 0.744. The Hall–Kier alpha value is -2.95. The Bertz CT molecular complexity index is 835. The Morgan fingerprint density at radius 2 is 2.05 bits per heavy atom. The minimum Gasteiger partial charge on any atom is -0.436 e. The lowest BCUT2D eigenvalue weighted by molar-refractivity contribution is -0.131. The number of fused-ring (bicyclic) bond motifs is 1. The van der Waals surface area contributed by atoms with Crippen molar-refractivity contribution >= 4 is 23.4 Å². The van der Waals surface area contributed by atoms with Crippen molar-refractivity contribution in [2.45, 2.75) is 6.92 Å². The summed E-state index contributed by atoms with van der Waals surface area (Å²) in [5.74, 6) is 0.305. The third-order valence-electron chi connectivity index (χ3n) is 2.92. The van der Waals surface area contributed by atoms with E-state index < -0.39 is 5.97 Å². The predicted octanol–water partition coefficient (Wildman–Crippen LogP) is 3.23. The number of rotatable bonds is 3. The molecule has 0 aliphatic heterocycles. The molecule has 0 bridgehead atoms. The van der Waals surface area contributed by atoms with Crippen molar-refractivity contribution in [2.24, 2.45) is 0 Å². The maximum atomic E-state index is 11.1. The van der Waals surface area contributed by atoms with E-state index in [1.54, 1.807) is 42.5 Å². The van der Waals surface area contributed by atoms with Crippen LogP contribution in [0.25, 0.3) is 22.6 Å². The van der Waals surface area contributed by atoms with Crippen LogP contribution in [0, 0.1) is 0 Å². The van der Waals surface area contributed by atoms with Gasteiger partial charge in [0.25, 0.3) is 0 Å². The first-order valence-electron chi connectivity index (χ1n) is 6.31. The van der Waals surface area contributed by atoms with E-state index in [9.17, 15) is 9.59 Å². The molecule has 2 aromatic carbocycles. The molecule has 0 saturated carbocycles. The second-order valence-electron chi connectivity index (χ2n) is 4.45. The van der Waals surface area contributed by atoms with E-state index in [-0.39, 0.29) is 0 Å². The van der Waals surface area contributed by atoms with Gasteiger partial charge < -0.3 is 9.15 Å². The van der Waals surface area contributed by atoms with Crippen LogP contribution in [0.1, 0.15) is 17.3 Å². The molecule has 0 saturated heterocycles. The van der Waals surface area contributed by atoms with Crippen LogP contribution in [0.5, 0.6) is 5.75 Å². The zero-order valence-electron chi connectivity index (χ0n) is 11.2. The Kier molecular flexibility index (Phi) is 3.23. The van der Waals surface area contributed by atoms with Crippen LogP contribution in [-0.4, -0.2) is 17.2 Å². The van der Waals surface area contributed by atoms with Crippen molar-refractivity contribution in [3.05, 3.63) is 48.0 Å². The van der Waals surface area contributed by atoms with Gasteiger partial charge in [0.2, 0.25) is 5.89 Å². The normalized spacial score (nSPS) is 10.5. The number of benzene rings is 2. The number of oxazole rings is 1. The number of hydrogen-bond donors (Lipinski definition) is 0. The van der Waals surface area contributed by atoms with Crippen LogP contribution < -0.4 is 4.74 Å². The molecule has 0 radical (unpaired) electrons. The Balaban J connectivity index is 2.12. The number of carbonyl (C=O) groups excluding carboxylic acids is 2. The molecule has 1 aromatic heterocycles. The van der Waals surface area contributed by atoms with Crippen molar-refractivity contribution in [1.82, 2.24) is 4.98 Å². The number of ether oxygens (including phenoxy) is 1. The molecule has 5 nitrogen and oxygen atoms in total. The van der Waals surface area contributed by atoms with E-state index in [0.29, 0.717) is 33.9 Å². The molecule has 21 heavy (non-hydrogen) atoms. The van der Waals surface area contributed by atoms with Crippen LogP contribution >= 0.6 is 0 Å². The van der Waals surface area contributed by atoms with Gasteiger partial charge in [0, 0.05) is 12.5 Å². The predicted molar refractivity (Wildman–Crippen MR) is 76.1 cm³/mol. The Labute approximate surface area is 120 Å².